The van der Waals surface area contributed by atoms with Gasteiger partial charge in [0.25, 0.3) is 0 Å². The highest BCUT2D eigenvalue weighted by molar-refractivity contribution is 5.76. The standard InChI is InChI=1S/C76H149NO5/c1-3-5-7-9-11-13-15-16-17-18-19-20-21-27-30-33-36-39-42-45-49-52-56-60-64-68-74(79)73(72-78)77-75(80)69-65-61-57-53-50-46-43-40-37-34-31-28-25-23-22-24-26-29-32-35-38-41-44-47-51-55-59-63-67-71-82-76(81)70-66-62-58-54-48-14-12-10-8-6-4-2/h10,12,73-74,78-79H,3-9,11,13-72H2,1-2H3,(H,77,80)/b12-10-. The smallest absolute Gasteiger partial charge is 0.305 e. The van der Waals surface area contributed by atoms with Crippen LogP contribution < -0.4 is 5.32 Å². The van der Waals surface area contributed by atoms with E-state index < -0.39 is 12.1 Å². The molecule has 1 amide bonds. The van der Waals surface area contributed by atoms with Crippen molar-refractivity contribution in [3.63, 3.8) is 0 Å². The molecule has 0 fully saturated rings. The second kappa shape index (κ2) is 72.1. The molecule has 0 aliphatic rings. The fourth-order valence-corrected chi connectivity index (χ4v) is 12.3. The van der Waals surface area contributed by atoms with Gasteiger partial charge in [-0.3, -0.25) is 9.59 Å². The lowest BCUT2D eigenvalue weighted by molar-refractivity contribution is -0.143. The molecular weight excluding hydrogens is 1010 g/mol. The third kappa shape index (κ3) is 67.7. The summed E-state index contributed by atoms with van der Waals surface area (Å²) in [5.74, 6) is -0.0160. The van der Waals surface area contributed by atoms with E-state index in [0.717, 1.165) is 44.9 Å². The molecule has 6 nitrogen and oxygen atoms in total. The molecule has 2 atom stereocenters. The van der Waals surface area contributed by atoms with Gasteiger partial charge in [0.15, 0.2) is 0 Å². The number of aliphatic hydroxyl groups excluding tert-OH is 2. The number of hydrogen-bond donors (Lipinski definition) is 3. The van der Waals surface area contributed by atoms with Crippen molar-refractivity contribution < 1.29 is 24.5 Å². The normalized spacial score (nSPS) is 12.5. The minimum Gasteiger partial charge on any atom is -0.466 e. The summed E-state index contributed by atoms with van der Waals surface area (Å²) in [5.41, 5.74) is 0. The second-order valence-electron chi connectivity index (χ2n) is 26.3. The van der Waals surface area contributed by atoms with Gasteiger partial charge in [-0.25, -0.2) is 0 Å². The molecule has 0 heterocycles. The van der Waals surface area contributed by atoms with Crippen LogP contribution in [0.25, 0.3) is 0 Å². The molecule has 0 radical (unpaired) electrons. The van der Waals surface area contributed by atoms with Crippen molar-refractivity contribution in [1.29, 1.82) is 0 Å². The van der Waals surface area contributed by atoms with Gasteiger partial charge < -0.3 is 20.3 Å². The van der Waals surface area contributed by atoms with Crippen LogP contribution in [0.4, 0.5) is 0 Å². The molecule has 0 aromatic rings. The lowest BCUT2D eigenvalue weighted by atomic mass is 10.0. The molecule has 0 aliphatic heterocycles. The summed E-state index contributed by atoms with van der Waals surface area (Å²) in [6.45, 7) is 4.97. The van der Waals surface area contributed by atoms with Gasteiger partial charge in [0, 0.05) is 12.8 Å². The lowest BCUT2D eigenvalue weighted by Crippen LogP contribution is -2.45. The van der Waals surface area contributed by atoms with E-state index in [9.17, 15) is 19.8 Å². The second-order valence-corrected chi connectivity index (χ2v) is 26.3. The fraction of sp³-hybridized carbons (Fsp3) is 0.947. The average Bonchev–Trinajstić information content (AvgIpc) is 3.48. The first-order chi connectivity index (χ1) is 40.5. The maximum absolute atomic E-state index is 12.6. The molecule has 0 spiro atoms. The van der Waals surface area contributed by atoms with Crippen LogP contribution in [0.3, 0.4) is 0 Å². The Morgan fingerprint density at radius 3 is 0.902 bits per heavy atom. The number of hydrogen-bond acceptors (Lipinski definition) is 5. The van der Waals surface area contributed by atoms with E-state index in [1.54, 1.807) is 0 Å². The van der Waals surface area contributed by atoms with E-state index in [1.807, 2.05) is 0 Å². The lowest BCUT2D eigenvalue weighted by Gasteiger charge is -2.22. The zero-order valence-electron chi connectivity index (χ0n) is 56.0. The third-order valence-electron chi connectivity index (χ3n) is 18.1. The highest BCUT2D eigenvalue weighted by atomic mass is 16.5. The Morgan fingerprint density at radius 2 is 0.585 bits per heavy atom. The first kappa shape index (κ1) is 80.6. The van der Waals surface area contributed by atoms with Crippen LogP contribution in [0.15, 0.2) is 12.2 Å². The summed E-state index contributed by atoms with van der Waals surface area (Å²) in [4.78, 5) is 24.6. The topological polar surface area (TPSA) is 95.9 Å². The number of esters is 1. The van der Waals surface area contributed by atoms with Crippen LogP contribution in [0.1, 0.15) is 438 Å². The summed E-state index contributed by atoms with van der Waals surface area (Å²) < 4.78 is 5.47. The molecule has 0 rings (SSSR count). The van der Waals surface area contributed by atoms with Crippen molar-refractivity contribution in [3.8, 4) is 0 Å². The first-order valence-electron chi connectivity index (χ1n) is 37.9. The number of unbranched alkanes of at least 4 members (excludes halogenated alkanes) is 59. The number of aliphatic hydroxyl groups is 2. The van der Waals surface area contributed by atoms with Crippen molar-refractivity contribution >= 4 is 11.9 Å². The van der Waals surface area contributed by atoms with E-state index in [1.165, 1.54) is 360 Å². The Morgan fingerprint density at radius 1 is 0.329 bits per heavy atom. The molecule has 0 aliphatic carbocycles. The van der Waals surface area contributed by atoms with E-state index >= 15 is 0 Å². The summed E-state index contributed by atoms with van der Waals surface area (Å²) in [6.07, 6.45) is 90.1. The summed E-state index contributed by atoms with van der Waals surface area (Å²) in [5, 5.41) is 23.5. The van der Waals surface area contributed by atoms with Crippen LogP contribution in [0.2, 0.25) is 0 Å². The number of carbonyl (C=O) groups excluding carboxylic acids is 2. The number of carbonyl (C=O) groups is 2. The predicted molar refractivity (Wildman–Crippen MR) is 361 cm³/mol. The molecule has 0 saturated carbocycles. The van der Waals surface area contributed by atoms with Gasteiger partial charge in [0.05, 0.1) is 25.4 Å². The third-order valence-corrected chi connectivity index (χ3v) is 18.1. The Kier molecular flexibility index (Phi) is 70.8. The van der Waals surface area contributed by atoms with Crippen molar-refractivity contribution in [1.82, 2.24) is 5.32 Å². The average molecular weight is 1160 g/mol. The van der Waals surface area contributed by atoms with E-state index in [0.29, 0.717) is 25.9 Å². The number of allylic oxidation sites excluding steroid dienone is 2. The van der Waals surface area contributed by atoms with Crippen LogP contribution in [-0.4, -0.2) is 47.4 Å². The molecule has 2 unspecified atom stereocenters. The summed E-state index contributed by atoms with van der Waals surface area (Å²) in [6, 6.07) is -0.540. The fourth-order valence-electron chi connectivity index (χ4n) is 12.3. The highest BCUT2D eigenvalue weighted by Crippen LogP contribution is 2.20. The van der Waals surface area contributed by atoms with Gasteiger partial charge in [-0.1, -0.05) is 392 Å². The minimum atomic E-state index is -0.663. The maximum atomic E-state index is 12.6. The first-order valence-corrected chi connectivity index (χ1v) is 37.9. The quantitative estimate of drug-likeness (QED) is 0.0320. The monoisotopic (exact) mass is 1160 g/mol. The molecular formula is C76H149NO5. The van der Waals surface area contributed by atoms with Crippen molar-refractivity contribution in [3.05, 3.63) is 12.2 Å². The Hall–Kier alpha value is -1.40. The zero-order valence-corrected chi connectivity index (χ0v) is 56.0. The largest absolute Gasteiger partial charge is 0.466 e. The van der Waals surface area contributed by atoms with E-state index in [-0.39, 0.29) is 18.5 Å². The zero-order chi connectivity index (χ0) is 59.2. The SMILES string of the molecule is CCCC/C=C\CCCCCCCC(=O)OCCCCCCCCCCCCCCCCCCCCCCCCCCCCCCCC(=O)NC(CO)C(O)CCCCCCCCCCCCCCCCCCCCCCCCCCC. The van der Waals surface area contributed by atoms with Crippen molar-refractivity contribution in [2.24, 2.45) is 0 Å². The van der Waals surface area contributed by atoms with Gasteiger partial charge in [-0.05, 0) is 44.9 Å². The molecule has 488 valence electrons. The van der Waals surface area contributed by atoms with Crippen LogP contribution in [0, 0.1) is 0 Å². The van der Waals surface area contributed by atoms with Crippen LogP contribution in [-0.2, 0) is 14.3 Å². The predicted octanol–water partition coefficient (Wildman–Crippen LogP) is 24.7. The number of rotatable bonds is 72. The molecule has 3 N–H and O–H groups in total. The van der Waals surface area contributed by atoms with Crippen LogP contribution in [0.5, 0.6) is 0 Å². The van der Waals surface area contributed by atoms with Gasteiger partial charge in [0.2, 0.25) is 5.91 Å². The molecule has 6 heteroatoms. The van der Waals surface area contributed by atoms with Crippen molar-refractivity contribution in [2.45, 2.75) is 450 Å². The molecule has 0 aromatic carbocycles. The Balaban J connectivity index is 3.34. The summed E-state index contributed by atoms with van der Waals surface area (Å²) >= 11 is 0. The van der Waals surface area contributed by atoms with Gasteiger partial charge >= 0.3 is 5.97 Å². The van der Waals surface area contributed by atoms with Crippen molar-refractivity contribution in [2.75, 3.05) is 13.2 Å². The number of nitrogens with one attached hydrogen (secondary N) is 1. The van der Waals surface area contributed by atoms with Gasteiger partial charge in [0.1, 0.15) is 0 Å². The summed E-state index contributed by atoms with van der Waals surface area (Å²) in [7, 11) is 0. The molecule has 82 heavy (non-hydrogen) atoms. The Bertz CT molecular complexity index is 1240. The highest BCUT2D eigenvalue weighted by Gasteiger charge is 2.20. The minimum absolute atomic E-state index is 0.00945. The maximum Gasteiger partial charge on any atom is 0.305 e. The number of ether oxygens (including phenoxy) is 1. The molecule has 0 aromatic heterocycles. The van der Waals surface area contributed by atoms with Gasteiger partial charge in [-0.2, -0.15) is 0 Å². The van der Waals surface area contributed by atoms with Crippen LogP contribution >= 0.6 is 0 Å². The molecule has 0 bridgehead atoms. The number of amides is 1. The van der Waals surface area contributed by atoms with Gasteiger partial charge in [-0.15, -0.1) is 0 Å². The Labute approximate surface area is 514 Å². The van der Waals surface area contributed by atoms with E-state index in [2.05, 4.69) is 31.3 Å². The molecule has 0 saturated heterocycles. The van der Waals surface area contributed by atoms with E-state index in [4.69, 9.17) is 4.74 Å².